The maximum Gasteiger partial charge on any atom is 0.185 e. The molecule has 0 spiro atoms. The zero-order valence-electron chi connectivity index (χ0n) is 11.3. The summed E-state index contributed by atoms with van der Waals surface area (Å²) in [4.78, 5) is 10.2. The van der Waals surface area contributed by atoms with Crippen LogP contribution in [0.15, 0.2) is 6.20 Å². The van der Waals surface area contributed by atoms with E-state index in [1.165, 1.54) is 0 Å². The Hall–Kier alpha value is -0.650. The van der Waals surface area contributed by atoms with Gasteiger partial charge in [-0.2, -0.15) is 0 Å². The Kier molecular flexibility index (Phi) is 5.88. The van der Waals surface area contributed by atoms with Gasteiger partial charge >= 0.3 is 0 Å². The lowest BCUT2D eigenvalue weighted by atomic mass is 10.2. The highest BCUT2D eigenvalue weighted by atomic mass is 32.1. The van der Waals surface area contributed by atoms with Gasteiger partial charge in [-0.3, -0.25) is 0 Å². The molecule has 0 saturated heterocycles. The number of rotatable bonds is 7. The molecule has 0 unspecified atom stereocenters. The first-order chi connectivity index (χ1) is 8.02. The minimum Gasteiger partial charge on any atom is -0.347 e. The molecule has 1 rings (SSSR count). The summed E-state index contributed by atoms with van der Waals surface area (Å²) in [6.07, 6.45) is 1.89. The summed E-state index contributed by atoms with van der Waals surface area (Å²) in [5.41, 5.74) is 5.63. The van der Waals surface area contributed by atoms with Crippen LogP contribution in [0.1, 0.15) is 18.7 Å². The molecule has 0 bridgehead atoms. The Labute approximate surface area is 108 Å². The molecule has 98 valence electrons. The van der Waals surface area contributed by atoms with Crippen LogP contribution in [0.5, 0.6) is 0 Å². The van der Waals surface area contributed by atoms with E-state index in [9.17, 15) is 0 Å². The van der Waals surface area contributed by atoms with Crippen LogP contribution in [0.2, 0.25) is 0 Å². The van der Waals surface area contributed by atoms with Crippen molar-refractivity contribution < 1.29 is 0 Å². The van der Waals surface area contributed by atoms with E-state index in [1.807, 2.05) is 6.20 Å². The molecular formula is C12H24N4S. The smallest absolute Gasteiger partial charge is 0.185 e. The summed E-state index contributed by atoms with van der Waals surface area (Å²) < 4.78 is 0. The Morgan fingerprint density at radius 1 is 1.35 bits per heavy atom. The summed E-state index contributed by atoms with van der Waals surface area (Å²) >= 11 is 1.71. The van der Waals surface area contributed by atoms with Gasteiger partial charge in [0.2, 0.25) is 0 Å². The molecule has 2 N–H and O–H groups in total. The van der Waals surface area contributed by atoms with E-state index in [2.05, 4.69) is 42.7 Å². The van der Waals surface area contributed by atoms with Crippen LogP contribution in [-0.2, 0) is 6.54 Å². The van der Waals surface area contributed by atoms with Gasteiger partial charge in [-0.15, -0.1) is 11.3 Å². The first-order valence-electron chi connectivity index (χ1n) is 6.07. The molecule has 0 aliphatic heterocycles. The van der Waals surface area contributed by atoms with E-state index in [-0.39, 0.29) is 0 Å². The second-order valence-corrected chi connectivity index (χ2v) is 6.05. The fraction of sp³-hybridized carbons (Fsp3) is 0.750. The predicted octanol–water partition coefficient (Wildman–Crippen LogP) is 1.63. The number of anilines is 1. The van der Waals surface area contributed by atoms with Crippen LogP contribution < -0.4 is 10.6 Å². The number of thiazole rings is 1. The number of likely N-dealkylation sites (N-methyl/N-ethyl adjacent to an activating group) is 1. The maximum atomic E-state index is 5.63. The van der Waals surface area contributed by atoms with Crippen molar-refractivity contribution in [1.82, 2.24) is 9.88 Å². The van der Waals surface area contributed by atoms with Gasteiger partial charge in [0.1, 0.15) is 0 Å². The van der Waals surface area contributed by atoms with Crippen LogP contribution in [0, 0.1) is 5.92 Å². The Balaban J connectivity index is 2.67. The van der Waals surface area contributed by atoms with E-state index >= 15 is 0 Å². The van der Waals surface area contributed by atoms with E-state index < -0.39 is 0 Å². The van der Waals surface area contributed by atoms with Gasteiger partial charge < -0.3 is 15.5 Å². The van der Waals surface area contributed by atoms with Crippen LogP contribution in [0.25, 0.3) is 0 Å². The van der Waals surface area contributed by atoms with Crippen LogP contribution in [-0.4, -0.2) is 43.6 Å². The summed E-state index contributed by atoms with van der Waals surface area (Å²) in [6, 6.07) is 0. The fourth-order valence-corrected chi connectivity index (χ4v) is 2.39. The zero-order chi connectivity index (χ0) is 12.8. The molecule has 0 aromatic carbocycles. The minimum atomic E-state index is 0.584. The van der Waals surface area contributed by atoms with Gasteiger partial charge in [-0.25, -0.2) is 4.98 Å². The number of nitrogens with two attached hydrogens (primary N) is 1. The summed E-state index contributed by atoms with van der Waals surface area (Å²) in [6.45, 7) is 8.17. The first kappa shape index (κ1) is 14.4. The molecular weight excluding hydrogens is 232 g/mol. The Morgan fingerprint density at radius 3 is 2.53 bits per heavy atom. The highest BCUT2D eigenvalue weighted by Gasteiger charge is 2.12. The van der Waals surface area contributed by atoms with Gasteiger partial charge in [0.15, 0.2) is 5.13 Å². The first-order valence-corrected chi connectivity index (χ1v) is 6.89. The lowest BCUT2D eigenvalue weighted by Crippen LogP contribution is -2.34. The maximum absolute atomic E-state index is 5.63. The standard InChI is InChI=1S/C12H24N4S/c1-10(2)9-16(6-5-15(3)4)12-14-8-11(7-13)17-12/h8,10H,5-7,9,13H2,1-4H3. The van der Waals surface area contributed by atoms with Crippen LogP contribution >= 0.6 is 11.3 Å². The third-order valence-electron chi connectivity index (χ3n) is 2.42. The summed E-state index contributed by atoms with van der Waals surface area (Å²) in [5, 5.41) is 1.10. The van der Waals surface area contributed by atoms with Crippen molar-refractivity contribution in [2.45, 2.75) is 20.4 Å². The van der Waals surface area contributed by atoms with Crippen molar-refractivity contribution in [2.75, 3.05) is 38.6 Å². The average molecular weight is 256 g/mol. The van der Waals surface area contributed by atoms with Crippen molar-refractivity contribution in [1.29, 1.82) is 0 Å². The van der Waals surface area contributed by atoms with E-state index in [0.717, 1.165) is 29.6 Å². The van der Waals surface area contributed by atoms with Crippen molar-refractivity contribution in [3.8, 4) is 0 Å². The molecule has 1 aromatic heterocycles. The van der Waals surface area contributed by atoms with Crippen molar-refractivity contribution in [3.05, 3.63) is 11.1 Å². The van der Waals surface area contributed by atoms with Gasteiger partial charge in [-0.1, -0.05) is 13.8 Å². The normalized spacial score (nSPS) is 11.5. The number of hydrogen-bond donors (Lipinski definition) is 1. The average Bonchev–Trinajstić information content (AvgIpc) is 2.71. The molecule has 0 aliphatic rings. The lowest BCUT2D eigenvalue weighted by Gasteiger charge is -2.25. The number of hydrogen-bond acceptors (Lipinski definition) is 5. The van der Waals surface area contributed by atoms with Crippen LogP contribution in [0.3, 0.4) is 0 Å². The highest BCUT2D eigenvalue weighted by Crippen LogP contribution is 2.22. The zero-order valence-corrected chi connectivity index (χ0v) is 12.1. The number of aromatic nitrogens is 1. The Bertz CT molecular complexity index is 322. The van der Waals surface area contributed by atoms with E-state index in [1.54, 1.807) is 11.3 Å². The second-order valence-electron chi connectivity index (χ2n) is 4.96. The molecule has 1 heterocycles. The van der Waals surface area contributed by atoms with E-state index in [0.29, 0.717) is 12.5 Å². The molecule has 0 radical (unpaired) electrons. The molecule has 1 aromatic rings. The number of nitrogens with zero attached hydrogens (tertiary/aromatic N) is 3. The third-order valence-corrected chi connectivity index (χ3v) is 3.50. The monoisotopic (exact) mass is 256 g/mol. The van der Waals surface area contributed by atoms with E-state index in [4.69, 9.17) is 5.73 Å². The molecule has 0 amide bonds. The minimum absolute atomic E-state index is 0.584. The molecule has 0 fully saturated rings. The van der Waals surface area contributed by atoms with Gasteiger partial charge in [0.25, 0.3) is 0 Å². The topological polar surface area (TPSA) is 45.4 Å². The van der Waals surface area contributed by atoms with Crippen molar-refractivity contribution in [3.63, 3.8) is 0 Å². The molecule has 4 nitrogen and oxygen atoms in total. The largest absolute Gasteiger partial charge is 0.347 e. The summed E-state index contributed by atoms with van der Waals surface area (Å²) in [5.74, 6) is 0.641. The molecule has 0 atom stereocenters. The molecule has 0 saturated carbocycles. The SMILES string of the molecule is CC(C)CN(CCN(C)C)c1ncc(CN)s1. The third kappa shape index (κ3) is 5.02. The Morgan fingerprint density at radius 2 is 2.06 bits per heavy atom. The van der Waals surface area contributed by atoms with Crippen molar-refractivity contribution >= 4 is 16.5 Å². The molecule has 5 heteroatoms. The molecule has 0 aliphatic carbocycles. The van der Waals surface area contributed by atoms with Gasteiger partial charge in [0, 0.05) is 37.3 Å². The predicted molar refractivity (Wildman–Crippen MR) is 75.6 cm³/mol. The lowest BCUT2D eigenvalue weighted by molar-refractivity contribution is 0.409. The quantitative estimate of drug-likeness (QED) is 0.805. The fourth-order valence-electron chi connectivity index (χ4n) is 1.56. The van der Waals surface area contributed by atoms with Crippen LogP contribution in [0.4, 0.5) is 5.13 Å². The second kappa shape index (κ2) is 6.93. The molecule has 17 heavy (non-hydrogen) atoms. The van der Waals surface area contributed by atoms with Gasteiger partial charge in [-0.05, 0) is 20.0 Å². The highest BCUT2D eigenvalue weighted by molar-refractivity contribution is 7.15. The van der Waals surface area contributed by atoms with Crippen molar-refractivity contribution in [2.24, 2.45) is 11.7 Å². The van der Waals surface area contributed by atoms with Gasteiger partial charge in [0.05, 0.1) is 0 Å². The summed E-state index contributed by atoms with van der Waals surface area (Å²) in [7, 11) is 4.20.